The van der Waals surface area contributed by atoms with Gasteiger partial charge in [-0.2, -0.15) is 5.26 Å². The van der Waals surface area contributed by atoms with Crippen LogP contribution in [0.4, 0.5) is 0 Å². The Morgan fingerprint density at radius 1 is 1.04 bits per heavy atom. The topological polar surface area (TPSA) is 72.4 Å². The number of Topliss-reactive ketones (excluding diaryl/α,β-unsaturated/α-hetero) is 1. The van der Waals surface area contributed by atoms with Crippen molar-refractivity contribution in [3.8, 4) is 6.07 Å². The monoisotopic (exact) mass is 325 g/mol. The summed E-state index contributed by atoms with van der Waals surface area (Å²) in [7, 11) is 0. The number of para-hydroxylation sites is 2. The summed E-state index contributed by atoms with van der Waals surface area (Å²) in [6, 6.07) is 17.5. The summed E-state index contributed by atoms with van der Waals surface area (Å²) in [6.45, 7) is 1.86. The second-order valence-electron chi connectivity index (χ2n) is 5.96. The molecule has 0 fully saturated rings. The Kier molecular flexibility index (Phi) is 3.48. The summed E-state index contributed by atoms with van der Waals surface area (Å²) in [5.74, 6) is -0.261. The van der Waals surface area contributed by atoms with Crippen LogP contribution in [-0.4, -0.2) is 15.8 Å². The number of carbonyl (C=O) groups is 1. The zero-order chi connectivity index (χ0) is 17.4. The molecule has 4 nitrogen and oxygen atoms in total. The number of rotatable bonds is 3. The van der Waals surface area contributed by atoms with Crippen LogP contribution in [0.5, 0.6) is 0 Å². The van der Waals surface area contributed by atoms with Crippen molar-refractivity contribution in [3.05, 3.63) is 77.1 Å². The van der Waals surface area contributed by atoms with E-state index in [1.807, 2.05) is 61.7 Å². The molecule has 0 atom stereocenters. The number of nitrogens with one attached hydrogen (secondary N) is 2. The predicted molar refractivity (Wildman–Crippen MR) is 99.3 cm³/mol. The van der Waals surface area contributed by atoms with Crippen molar-refractivity contribution >= 4 is 33.7 Å². The third-order valence-electron chi connectivity index (χ3n) is 4.41. The third kappa shape index (κ3) is 2.43. The molecule has 0 spiro atoms. The number of fused-ring (bicyclic) bond motifs is 2. The summed E-state index contributed by atoms with van der Waals surface area (Å²) in [6.07, 6.45) is 3.47. The lowest BCUT2D eigenvalue weighted by Gasteiger charge is -2.00. The second kappa shape index (κ2) is 5.81. The predicted octanol–water partition coefficient (Wildman–Crippen LogP) is 4.75. The third-order valence-corrected chi connectivity index (χ3v) is 4.41. The van der Waals surface area contributed by atoms with Gasteiger partial charge in [-0.15, -0.1) is 0 Å². The highest BCUT2D eigenvalue weighted by Gasteiger charge is 2.20. The zero-order valence-corrected chi connectivity index (χ0v) is 13.6. The molecule has 2 aromatic heterocycles. The van der Waals surface area contributed by atoms with Gasteiger partial charge in [0.05, 0.1) is 5.56 Å². The molecular weight excluding hydrogens is 310 g/mol. The highest BCUT2D eigenvalue weighted by Crippen LogP contribution is 2.26. The fourth-order valence-electron chi connectivity index (χ4n) is 3.22. The van der Waals surface area contributed by atoms with Crippen LogP contribution in [0.3, 0.4) is 0 Å². The average Bonchev–Trinajstić information content (AvgIpc) is 3.19. The van der Waals surface area contributed by atoms with Crippen LogP contribution in [-0.2, 0) is 0 Å². The number of carbonyl (C=O) groups excluding carboxylic acids is 1. The largest absolute Gasteiger partial charge is 0.361 e. The van der Waals surface area contributed by atoms with Gasteiger partial charge in [-0.25, -0.2) is 0 Å². The number of hydrogen-bond acceptors (Lipinski definition) is 2. The van der Waals surface area contributed by atoms with Gasteiger partial charge in [0.2, 0.25) is 5.78 Å². The van der Waals surface area contributed by atoms with E-state index in [1.54, 1.807) is 6.08 Å². The molecule has 0 saturated carbocycles. The molecule has 0 aliphatic rings. The molecule has 0 radical (unpaired) electrons. The molecule has 4 aromatic rings. The summed E-state index contributed by atoms with van der Waals surface area (Å²) >= 11 is 0. The van der Waals surface area contributed by atoms with Crippen molar-refractivity contribution in [2.24, 2.45) is 0 Å². The van der Waals surface area contributed by atoms with Crippen LogP contribution in [0.15, 0.2) is 60.3 Å². The fraction of sp³-hybridized carbons (Fsp3) is 0.0476. The molecule has 4 rings (SSSR count). The minimum absolute atomic E-state index is 0.123. The first-order valence-electron chi connectivity index (χ1n) is 7.99. The van der Waals surface area contributed by atoms with Gasteiger partial charge in [-0.1, -0.05) is 36.4 Å². The van der Waals surface area contributed by atoms with Gasteiger partial charge in [0.25, 0.3) is 0 Å². The number of aromatic nitrogens is 2. The maximum atomic E-state index is 13.0. The van der Waals surface area contributed by atoms with E-state index in [-0.39, 0.29) is 11.4 Å². The molecular formula is C21H15N3O. The van der Waals surface area contributed by atoms with E-state index in [0.717, 1.165) is 33.1 Å². The Hall–Kier alpha value is -3.58. The van der Waals surface area contributed by atoms with E-state index in [2.05, 4.69) is 16.0 Å². The molecule has 0 saturated heterocycles. The second-order valence-corrected chi connectivity index (χ2v) is 5.96. The quantitative estimate of drug-likeness (QED) is 0.324. The van der Waals surface area contributed by atoms with Crippen LogP contribution in [0.25, 0.3) is 27.9 Å². The van der Waals surface area contributed by atoms with E-state index in [1.165, 1.54) is 0 Å². The molecule has 120 valence electrons. The highest BCUT2D eigenvalue weighted by atomic mass is 16.1. The Balaban J connectivity index is 1.85. The number of aromatic amines is 2. The number of allylic oxidation sites excluding steroid dienone is 1. The number of nitriles is 1. The minimum atomic E-state index is -0.261. The summed E-state index contributed by atoms with van der Waals surface area (Å²) < 4.78 is 0. The lowest BCUT2D eigenvalue weighted by atomic mass is 9.99. The van der Waals surface area contributed by atoms with Crippen molar-refractivity contribution < 1.29 is 4.79 Å². The number of benzene rings is 2. The Morgan fingerprint density at radius 3 is 2.48 bits per heavy atom. The van der Waals surface area contributed by atoms with Crippen LogP contribution in [0.1, 0.15) is 21.6 Å². The smallest absolute Gasteiger partial charge is 0.205 e. The highest BCUT2D eigenvalue weighted by molar-refractivity contribution is 6.21. The summed E-state index contributed by atoms with van der Waals surface area (Å²) in [4.78, 5) is 19.4. The number of nitrogens with zero attached hydrogens (tertiary/aromatic N) is 1. The van der Waals surface area contributed by atoms with Crippen LogP contribution in [0.2, 0.25) is 0 Å². The fourth-order valence-corrected chi connectivity index (χ4v) is 3.22. The number of hydrogen-bond donors (Lipinski definition) is 2. The Bertz CT molecular complexity index is 1180. The number of ketones is 1. The molecule has 2 aromatic carbocycles. The van der Waals surface area contributed by atoms with E-state index in [0.29, 0.717) is 5.56 Å². The minimum Gasteiger partial charge on any atom is -0.361 e. The molecule has 4 heteroatoms. The SMILES string of the molecule is Cc1[nH]c2ccccc2c1C(=O)/C(C#N)=C/c1c[nH]c2ccccc12. The molecule has 0 bridgehead atoms. The zero-order valence-electron chi connectivity index (χ0n) is 13.6. The Labute approximate surface area is 144 Å². The van der Waals surface area contributed by atoms with E-state index < -0.39 is 0 Å². The molecule has 0 aliphatic heterocycles. The molecule has 2 N–H and O–H groups in total. The average molecular weight is 325 g/mol. The van der Waals surface area contributed by atoms with Crippen molar-refractivity contribution in [2.75, 3.05) is 0 Å². The maximum Gasteiger partial charge on any atom is 0.205 e. The van der Waals surface area contributed by atoms with E-state index in [9.17, 15) is 10.1 Å². The normalized spacial score (nSPS) is 11.8. The first-order valence-corrected chi connectivity index (χ1v) is 7.99. The number of aryl methyl sites for hydroxylation is 1. The Morgan fingerprint density at radius 2 is 1.72 bits per heavy atom. The van der Waals surface area contributed by atoms with E-state index >= 15 is 0 Å². The summed E-state index contributed by atoms with van der Waals surface area (Å²) in [5.41, 5.74) is 4.15. The van der Waals surface area contributed by atoms with Gasteiger partial charge in [-0.3, -0.25) is 4.79 Å². The van der Waals surface area contributed by atoms with Gasteiger partial charge in [0.1, 0.15) is 11.6 Å². The van der Waals surface area contributed by atoms with Crippen LogP contribution in [0, 0.1) is 18.3 Å². The molecule has 25 heavy (non-hydrogen) atoms. The maximum absolute atomic E-state index is 13.0. The molecule has 0 aliphatic carbocycles. The first-order chi connectivity index (χ1) is 12.2. The molecule has 0 unspecified atom stereocenters. The van der Waals surface area contributed by atoms with Gasteiger partial charge >= 0.3 is 0 Å². The standard InChI is InChI=1S/C21H15N3O/c1-13-20(17-7-3-5-9-19(17)24-13)21(25)14(11-22)10-15-12-23-18-8-4-2-6-16(15)18/h2-10,12,23-24H,1H3/b14-10+. The first kappa shape index (κ1) is 15.0. The molecule has 2 heterocycles. The van der Waals surface area contributed by atoms with Crippen LogP contribution >= 0.6 is 0 Å². The lowest BCUT2D eigenvalue weighted by Crippen LogP contribution is -2.03. The van der Waals surface area contributed by atoms with Crippen LogP contribution < -0.4 is 0 Å². The van der Waals surface area contributed by atoms with Gasteiger partial charge in [-0.05, 0) is 25.1 Å². The number of H-pyrrole nitrogens is 2. The van der Waals surface area contributed by atoms with E-state index in [4.69, 9.17) is 0 Å². The summed E-state index contributed by atoms with van der Waals surface area (Å²) in [5, 5.41) is 11.4. The van der Waals surface area contributed by atoms with Gasteiger partial charge in [0.15, 0.2) is 0 Å². The van der Waals surface area contributed by atoms with Crippen molar-refractivity contribution in [1.29, 1.82) is 5.26 Å². The van der Waals surface area contributed by atoms with Crippen molar-refractivity contribution in [2.45, 2.75) is 6.92 Å². The molecule has 0 amide bonds. The lowest BCUT2D eigenvalue weighted by molar-refractivity contribution is 0.104. The van der Waals surface area contributed by atoms with Crippen molar-refractivity contribution in [1.82, 2.24) is 9.97 Å². The van der Waals surface area contributed by atoms with Crippen molar-refractivity contribution in [3.63, 3.8) is 0 Å². The van der Waals surface area contributed by atoms with Gasteiger partial charge < -0.3 is 9.97 Å². The van der Waals surface area contributed by atoms with Gasteiger partial charge in [0, 0.05) is 39.3 Å².